The first-order valence-corrected chi connectivity index (χ1v) is 8.57. The van der Waals surface area contributed by atoms with Crippen LogP contribution in [0.15, 0.2) is 78.9 Å². The third-order valence-corrected chi connectivity index (χ3v) is 3.80. The number of carbonyl (C=O) groups is 1. The highest BCUT2D eigenvalue weighted by atomic mass is 16.5. The van der Waals surface area contributed by atoms with E-state index in [1.54, 1.807) is 25.3 Å². The van der Waals surface area contributed by atoms with E-state index >= 15 is 0 Å². The maximum Gasteiger partial charge on any atom is 0.262 e. The molecule has 0 unspecified atom stereocenters. The lowest BCUT2D eigenvalue weighted by Gasteiger charge is -2.13. The average Bonchev–Trinajstić information content (AvgIpc) is 2.72. The Labute approximate surface area is 158 Å². The van der Waals surface area contributed by atoms with Crippen molar-refractivity contribution in [1.29, 1.82) is 0 Å². The number of ether oxygens (including phenoxy) is 3. The van der Waals surface area contributed by atoms with E-state index in [9.17, 15) is 4.79 Å². The molecular weight excluding hydrogens is 342 g/mol. The van der Waals surface area contributed by atoms with Gasteiger partial charge in [0.25, 0.3) is 5.91 Å². The molecule has 0 fully saturated rings. The molecule has 1 N–H and O–H groups in total. The van der Waals surface area contributed by atoms with Gasteiger partial charge < -0.3 is 19.5 Å². The van der Waals surface area contributed by atoms with E-state index in [1.807, 2.05) is 60.7 Å². The third kappa shape index (κ3) is 5.51. The lowest BCUT2D eigenvalue weighted by atomic mass is 10.2. The Morgan fingerprint density at radius 3 is 2.30 bits per heavy atom. The molecule has 0 bridgehead atoms. The Kier molecular flexibility index (Phi) is 6.30. The van der Waals surface area contributed by atoms with Gasteiger partial charge in [0.15, 0.2) is 18.1 Å². The quantitative estimate of drug-likeness (QED) is 0.649. The largest absolute Gasteiger partial charge is 0.497 e. The number of rotatable bonds is 8. The van der Waals surface area contributed by atoms with Gasteiger partial charge in [0, 0.05) is 11.8 Å². The van der Waals surface area contributed by atoms with Crippen LogP contribution in [-0.4, -0.2) is 19.6 Å². The molecule has 0 heterocycles. The normalized spacial score (nSPS) is 10.1. The molecule has 5 heteroatoms. The van der Waals surface area contributed by atoms with Crippen molar-refractivity contribution in [2.24, 2.45) is 0 Å². The average molecular weight is 363 g/mol. The van der Waals surface area contributed by atoms with Crippen LogP contribution in [0.4, 0.5) is 5.69 Å². The lowest BCUT2D eigenvalue weighted by molar-refractivity contribution is -0.118. The third-order valence-electron chi connectivity index (χ3n) is 3.80. The summed E-state index contributed by atoms with van der Waals surface area (Å²) in [6, 6.07) is 24.3. The lowest BCUT2D eigenvalue weighted by Crippen LogP contribution is -2.20. The number of hydrogen-bond donors (Lipinski definition) is 1. The molecule has 0 atom stereocenters. The van der Waals surface area contributed by atoms with Crippen LogP contribution in [0.25, 0.3) is 0 Å². The van der Waals surface area contributed by atoms with Gasteiger partial charge in [0.2, 0.25) is 0 Å². The van der Waals surface area contributed by atoms with Crippen molar-refractivity contribution >= 4 is 11.6 Å². The van der Waals surface area contributed by atoms with Crippen LogP contribution in [0.1, 0.15) is 5.56 Å². The summed E-state index contributed by atoms with van der Waals surface area (Å²) in [6.45, 7) is 0.306. The standard InChI is InChI=1S/C22H21NO4/c1-25-19-11-7-10-18(14-19)23-22(24)16-27-21-13-6-5-12-20(21)26-15-17-8-3-2-4-9-17/h2-14H,15-16H2,1H3,(H,23,24). The monoisotopic (exact) mass is 363 g/mol. The Morgan fingerprint density at radius 1 is 0.852 bits per heavy atom. The van der Waals surface area contributed by atoms with Crippen molar-refractivity contribution in [3.8, 4) is 17.2 Å². The molecule has 3 rings (SSSR count). The molecule has 5 nitrogen and oxygen atoms in total. The van der Waals surface area contributed by atoms with E-state index in [-0.39, 0.29) is 12.5 Å². The molecule has 3 aromatic carbocycles. The number of carbonyl (C=O) groups excluding carboxylic acids is 1. The number of anilines is 1. The van der Waals surface area contributed by atoms with Crippen LogP contribution in [0.2, 0.25) is 0 Å². The molecule has 0 aliphatic carbocycles. The zero-order valence-corrected chi connectivity index (χ0v) is 15.1. The fraction of sp³-hybridized carbons (Fsp3) is 0.136. The van der Waals surface area contributed by atoms with Crippen LogP contribution in [0.5, 0.6) is 17.2 Å². The number of benzene rings is 3. The van der Waals surface area contributed by atoms with Gasteiger partial charge in [-0.1, -0.05) is 48.5 Å². The van der Waals surface area contributed by atoms with Gasteiger partial charge in [0.05, 0.1) is 7.11 Å². The summed E-state index contributed by atoms with van der Waals surface area (Å²) in [7, 11) is 1.58. The maximum absolute atomic E-state index is 12.2. The summed E-state index contributed by atoms with van der Waals surface area (Å²) in [4.78, 5) is 12.2. The fourth-order valence-corrected chi connectivity index (χ4v) is 2.47. The summed E-state index contributed by atoms with van der Waals surface area (Å²) < 4.78 is 16.6. The van der Waals surface area contributed by atoms with E-state index in [4.69, 9.17) is 14.2 Å². The SMILES string of the molecule is COc1cccc(NC(=O)COc2ccccc2OCc2ccccc2)c1. The number of nitrogens with one attached hydrogen (secondary N) is 1. The van der Waals surface area contributed by atoms with Crippen molar-refractivity contribution in [1.82, 2.24) is 0 Å². The molecular formula is C22H21NO4. The van der Waals surface area contributed by atoms with E-state index in [2.05, 4.69) is 5.32 Å². The van der Waals surface area contributed by atoms with Gasteiger partial charge in [-0.15, -0.1) is 0 Å². The van der Waals surface area contributed by atoms with Crippen molar-refractivity contribution in [3.05, 3.63) is 84.4 Å². The van der Waals surface area contributed by atoms with Crippen LogP contribution in [-0.2, 0) is 11.4 Å². The molecule has 0 aliphatic heterocycles. The summed E-state index contributed by atoms with van der Waals surface area (Å²) in [5, 5.41) is 2.78. The minimum absolute atomic E-state index is 0.122. The Balaban J connectivity index is 1.56. The summed E-state index contributed by atoms with van der Waals surface area (Å²) >= 11 is 0. The number of para-hydroxylation sites is 2. The first-order chi connectivity index (χ1) is 13.2. The highest BCUT2D eigenvalue weighted by Gasteiger charge is 2.09. The summed E-state index contributed by atoms with van der Waals surface area (Å²) in [5.74, 6) is 1.53. The second kappa shape index (κ2) is 9.29. The van der Waals surface area contributed by atoms with Crippen LogP contribution in [0.3, 0.4) is 0 Å². The van der Waals surface area contributed by atoms with Gasteiger partial charge in [-0.3, -0.25) is 4.79 Å². The molecule has 0 radical (unpaired) electrons. The molecule has 1 amide bonds. The predicted molar refractivity (Wildman–Crippen MR) is 104 cm³/mol. The highest BCUT2D eigenvalue weighted by Crippen LogP contribution is 2.27. The highest BCUT2D eigenvalue weighted by molar-refractivity contribution is 5.92. The minimum atomic E-state index is -0.263. The molecule has 138 valence electrons. The summed E-state index contributed by atoms with van der Waals surface area (Å²) in [6.07, 6.45) is 0. The van der Waals surface area contributed by atoms with Crippen LogP contribution < -0.4 is 19.5 Å². The van der Waals surface area contributed by atoms with Gasteiger partial charge in [-0.2, -0.15) is 0 Å². The number of hydrogen-bond acceptors (Lipinski definition) is 4. The second-order valence-corrected chi connectivity index (χ2v) is 5.79. The topological polar surface area (TPSA) is 56.8 Å². The van der Waals surface area contributed by atoms with Crippen LogP contribution in [0, 0.1) is 0 Å². The van der Waals surface area contributed by atoms with Crippen LogP contribution >= 0.6 is 0 Å². The molecule has 0 saturated heterocycles. The Morgan fingerprint density at radius 2 is 1.56 bits per heavy atom. The van der Waals surface area contributed by atoms with Crippen molar-refractivity contribution < 1.29 is 19.0 Å². The zero-order chi connectivity index (χ0) is 18.9. The molecule has 0 aromatic heterocycles. The van der Waals surface area contributed by atoms with E-state index in [0.29, 0.717) is 29.5 Å². The second-order valence-electron chi connectivity index (χ2n) is 5.79. The first-order valence-electron chi connectivity index (χ1n) is 8.57. The molecule has 0 aliphatic rings. The number of amides is 1. The van der Waals surface area contributed by atoms with E-state index in [1.165, 1.54) is 0 Å². The molecule has 27 heavy (non-hydrogen) atoms. The van der Waals surface area contributed by atoms with E-state index < -0.39 is 0 Å². The molecule has 3 aromatic rings. The van der Waals surface area contributed by atoms with Gasteiger partial charge in [-0.05, 0) is 29.8 Å². The first kappa shape index (κ1) is 18.3. The zero-order valence-electron chi connectivity index (χ0n) is 15.1. The Hall–Kier alpha value is -3.47. The minimum Gasteiger partial charge on any atom is -0.497 e. The fourth-order valence-electron chi connectivity index (χ4n) is 2.47. The number of methoxy groups -OCH3 is 1. The van der Waals surface area contributed by atoms with Gasteiger partial charge in [-0.25, -0.2) is 0 Å². The summed E-state index contributed by atoms with van der Waals surface area (Å²) in [5.41, 5.74) is 1.71. The van der Waals surface area contributed by atoms with Crippen molar-refractivity contribution in [2.45, 2.75) is 6.61 Å². The molecule has 0 saturated carbocycles. The maximum atomic E-state index is 12.2. The predicted octanol–water partition coefficient (Wildman–Crippen LogP) is 4.29. The van der Waals surface area contributed by atoms with Gasteiger partial charge in [0.1, 0.15) is 12.4 Å². The Bertz CT molecular complexity index is 880. The van der Waals surface area contributed by atoms with Crippen molar-refractivity contribution in [2.75, 3.05) is 19.0 Å². The van der Waals surface area contributed by atoms with Gasteiger partial charge >= 0.3 is 0 Å². The molecule has 0 spiro atoms. The van der Waals surface area contributed by atoms with Crippen molar-refractivity contribution in [3.63, 3.8) is 0 Å². The van der Waals surface area contributed by atoms with E-state index in [0.717, 1.165) is 5.56 Å². The smallest absolute Gasteiger partial charge is 0.262 e.